The molecule has 0 amide bonds. The van der Waals surface area contributed by atoms with E-state index < -0.39 is 5.97 Å². The van der Waals surface area contributed by atoms with Crippen LogP contribution in [0.25, 0.3) is 0 Å². The molecule has 0 spiro atoms. The lowest BCUT2D eigenvalue weighted by Crippen LogP contribution is -2.21. The number of aromatic nitrogens is 3. The van der Waals surface area contributed by atoms with Crippen LogP contribution in [0.1, 0.15) is 44.6 Å². The molecule has 1 aliphatic rings. The van der Waals surface area contributed by atoms with Gasteiger partial charge < -0.3 is 5.11 Å². The van der Waals surface area contributed by atoms with Crippen LogP contribution in [-0.2, 0) is 4.79 Å². The van der Waals surface area contributed by atoms with Gasteiger partial charge in [-0.3, -0.25) is 4.79 Å². The standard InChI is InChI=1S/C11H17N3O2/c15-11(16)5-4-9-2-1-3-10(8-9)14-12-6-7-13-14/h6-7,9-10H,1-5,8H2,(H,15,16). The van der Waals surface area contributed by atoms with E-state index in [0.29, 0.717) is 12.0 Å². The molecule has 0 radical (unpaired) electrons. The van der Waals surface area contributed by atoms with Crippen LogP contribution in [0.4, 0.5) is 0 Å². The van der Waals surface area contributed by atoms with Gasteiger partial charge in [-0.15, -0.1) is 0 Å². The Morgan fingerprint density at radius 2 is 2.12 bits per heavy atom. The van der Waals surface area contributed by atoms with Crippen LogP contribution < -0.4 is 0 Å². The maximum atomic E-state index is 10.5. The summed E-state index contributed by atoms with van der Waals surface area (Å²) >= 11 is 0. The Bertz CT molecular complexity index is 337. The van der Waals surface area contributed by atoms with E-state index in [0.717, 1.165) is 32.1 Å². The van der Waals surface area contributed by atoms with Gasteiger partial charge >= 0.3 is 5.97 Å². The Kier molecular flexibility index (Phi) is 3.54. The van der Waals surface area contributed by atoms with Gasteiger partial charge in [-0.2, -0.15) is 15.0 Å². The molecular weight excluding hydrogens is 206 g/mol. The van der Waals surface area contributed by atoms with Gasteiger partial charge in [0.2, 0.25) is 0 Å². The highest BCUT2D eigenvalue weighted by Gasteiger charge is 2.24. The van der Waals surface area contributed by atoms with Crippen LogP contribution in [0.3, 0.4) is 0 Å². The largest absolute Gasteiger partial charge is 0.481 e. The van der Waals surface area contributed by atoms with E-state index in [-0.39, 0.29) is 6.42 Å². The summed E-state index contributed by atoms with van der Waals surface area (Å²) in [4.78, 5) is 12.3. The van der Waals surface area contributed by atoms with Gasteiger partial charge in [0.15, 0.2) is 0 Å². The third kappa shape index (κ3) is 2.81. The number of carboxylic acids is 1. The Morgan fingerprint density at radius 1 is 1.38 bits per heavy atom. The number of hydrogen-bond donors (Lipinski definition) is 1. The second-order valence-electron chi connectivity index (χ2n) is 4.47. The molecule has 0 saturated heterocycles. The Balaban J connectivity index is 1.87. The predicted molar refractivity (Wildman–Crippen MR) is 57.9 cm³/mol. The van der Waals surface area contributed by atoms with E-state index in [1.165, 1.54) is 0 Å². The first-order valence-electron chi connectivity index (χ1n) is 5.83. The number of aliphatic carboxylic acids is 1. The van der Waals surface area contributed by atoms with Crippen LogP contribution in [0, 0.1) is 5.92 Å². The molecule has 2 atom stereocenters. The molecule has 1 fully saturated rings. The maximum Gasteiger partial charge on any atom is 0.303 e. The van der Waals surface area contributed by atoms with Crippen molar-refractivity contribution in [1.29, 1.82) is 0 Å². The van der Waals surface area contributed by atoms with E-state index in [9.17, 15) is 4.79 Å². The second-order valence-corrected chi connectivity index (χ2v) is 4.47. The van der Waals surface area contributed by atoms with Crippen LogP contribution in [-0.4, -0.2) is 26.1 Å². The summed E-state index contributed by atoms with van der Waals surface area (Å²) in [5.41, 5.74) is 0. The number of carboxylic acid groups (broad SMARTS) is 1. The van der Waals surface area contributed by atoms with Crippen molar-refractivity contribution in [3.05, 3.63) is 12.4 Å². The molecule has 5 heteroatoms. The van der Waals surface area contributed by atoms with Crippen molar-refractivity contribution in [2.24, 2.45) is 5.92 Å². The zero-order valence-corrected chi connectivity index (χ0v) is 9.25. The average molecular weight is 223 g/mol. The van der Waals surface area contributed by atoms with Crippen molar-refractivity contribution < 1.29 is 9.90 Å². The van der Waals surface area contributed by atoms with Gasteiger partial charge in [0, 0.05) is 6.42 Å². The van der Waals surface area contributed by atoms with Crippen molar-refractivity contribution in [3.8, 4) is 0 Å². The van der Waals surface area contributed by atoms with Crippen LogP contribution >= 0.6 is 0 Å². The summed E-state index contributed by atoms with van der Waals surface area (Å²) < 4.78 is 0. The molecule has 1 N–H and O–H groups in total. The monoisotopic (exact) mass is 223 g/mol. The molecule has 0 aromatic carbocycles. The Labute approximate surface area is 94.5 Å². The summed E-state index contributed by atoms with van der Waals surface area (Å²) in [7, 11) is 0. The van der Waals surface area contributed by atoms with Crippen LogP contribution in [0.15, 0.2) is 12.4 Å². The molecule has 0 aliphatic heterocycles. The SMILES string of the molecule is O=C(O)CCC1CCCC(n2nccn2)C1. The first-order valence-corrected chi connectivity index (χ1v) is 5.83. The molecular formula is C11H17N3O2. The fraction of sp³-hybridized carbons (Fsp3) is 0.727. The maximum absolute atomic E-state index is 10.5. The Morgan fingerprint density at radius 3 is 2.81 bits per heavy atom. The minimum absolute atomic E-state index is 0.282. The minimum Gasteiger partial charge on any atom is -0.481 e. The molecule has 2 unspecified atom stereocenters. The van der Waals surface area contributed by atoms with E-state index in [2.05, 4.69) is 10.2 Å². The van der Waals surface area contributed by atoms with E-state index in [1.54, 1.807) is 17.2 Å². The third-order valence-electron chi connectivity index (χ3n) is 3.28. The van der Waals surface area contributed by atoms with Crippen LogP contribution in [0.5, 0.6) is 0 Å². The van der Waals surface area contributed by atoms with E-state index in [4.69, 9.17) is 5.11 Å². The van der Waals surface area contributed by atoms with E-state index in [1.807, 2.05) is 0 Å². The smallest absolute Gasteiger partial charge is 0.303 e. The summed E-state index contributed by atoms with van der Waals surface area (Å²) in [5, 5.41) is 17.0. The lowest BCUT2D eigenvalue weighted by atomic mass is 9.83. The first kappa shape index (κ1) is 11.1. The van der Waals surface area contributed by atoms with Gasteiger partial charge in [0.1, 0.15) is 0 Å². The molecule has 0 bridgehead atoms. The predicted octanol–water partition coefficient (Wildman–Crippen LogP) is 1.87. The van der Waals surface area contributed by atoms with Crippen molar-refractivity contribution in [3.63, 3.8) is 0 Å². The summed E-state index contributed by atoms with van der Waals surface area (Å²) in [6.45, 7) is 0. The zero-order valence-electron chi connectivity index (χ0n) is 9.25. The highest BCUT2D eigenvalue weighted by atomic mass is 16.4. The van der Waals surface area contributed by atoms with Crippen molar-refractivity contribution in [1.82, 2.24) is 15.0 Å². The van der Waals surface area contributed by atoms with Crippen molar-refractivity contribution >= 4 is 5.97 Å². The van der Waals surface area contributed by atoms with Crippen molar-refractivity contribution in [2.45, 2.75) is 44.6 Å². The summed E-state index contributed by atoms with van der Waals surface area (Å²) in [6.07, 6.45) is 8.88. The highest BCUT2D eigenvalue weighted by molar-refractivity contribution is 5.66. The summed E-state index contributed by atoms with van der Waals surface area (Å²) in [6, 6.07) is 0.363. The zero-order chi connectivity index (χ0) is 11.4. The number of hydrogen-bond acceptors (Lipinski definition) is 3. The van der Waals surface area contributed by atoms with Gasteiger partial charge in [-0.05, 0) is 25.2 Å². The average Bonchev–Trinajstić information content (AvgIpc) is 2.80. The molecule has 16 heavy (non-hydrogen) atoms. The van der Waals surface area contributed by atoms with E-state index >= 15 is 0 Å². The number of carbonyl (C=O) groups is 1. The van der Waals surface area contributed by atoms with Gasteiger partial charge in [0.25, 0.3) is 0 Å². The van der Waals surface area contributed by atoms with Crippen LogP contribution in [0.2, 0.25) is 0 Å². The van der Waals surface area contributed by atoms with Gasteiger partial charge in [-0.25, -0.2) is 0 Å². The quantitative estimate of drug-likeness (QED) is 0.846. The fourth-order valence-corrected chi connectivity index (χ4v) is 2.48. The van der Waals surface area contributed by atoms with Gasteiger partial charge in [-0.1, -0.05) is 12.8 Å². The highest BCUT2D eigenvalue weighted by Crippen LogP contribution is 2.33. The number of nitrogens with zero attached hydrogens (tertiary/aromatic N) is 3. The normalized spacial score (nSPS) is 25.5. The first-order chi connectivity index (χ1) is 7.75. The Hall–Kier alpha value is -1.39. The summed E-state index contributed by atoms with van der Waals surface area (Å²) in [5.74, 6) is -0.180. The third-order valence-corrected chi connectivity index (χ3v) is 3.28. The molecule has 88 valence electrons. The number of rotatable bonds is 4. The molecule has 2 rings (SSSR count). The van der Waals surface area contributed by atoms with Gasteiger partial charge in [0.05, 0.1) is 18.4 Å². The molecule has 1 saturated carbocycles. The molecule has 1 aromatic heterocycles. The van der Waals surface area contributed by atoms with Crippen molar-refractivity contribution in [2.75, 3.05) is 0 Å². The molecule has 1 aromatic rings. The molecule has 1 aliphatic carbocycles. The molecule has 1 heterocycles. The topological polar surface area (TPSA) is 68.0 Å². The fourth-order valence-electron chi connectivity index (χ4n) is 2.48. The minimum atomic E-state index is -0.695. The molecule has 5 nitrogen and oxygen atoms in total. The lowest BCUT2D eigenvalue weighted by molar-refractivity contribution is -0.137. The lowest BCUT2D eigenvalue weighted by Gasteiger charge is -2.28. The second kappa shape index (κ2) is 5.09.